The molecule has 0 bridgehead atoms. The summed E-state index contributed by atoms with van der Waals surface area (Å²) in [6.07, 6.45) is 0. The van der Waals surface area contributed by atoms with Crippen molar-refractivity contribution in [3.8, 4) is 22.1 Å². The van der Waals surface area contributed by atoms with Crippen LogP contribution in [0.15, 0.2) is 29.6 Å². The molecule has 2 aromatic heterocycles. The summed E-state index contributed by atoms with van der Waals surface area (Å²) >= 11 is 2.47. The van der Waals surface area contributed by atoms with E-state index >= 15 is 0 Å². The van der Waals surface area contributed by atoms with E-state index in [2.05, 4.69) is 10.3 Å². The predicted octanol–water partition coefficient (Wildman–Crippen LogP) is 4.24. The number of aromatic nitrogens is 1. The molecule has 2 heterocycles. The van der Waals surface area contributed by atoms with Gasteiger partial charge in [-0.3, -0.25) is 4.79 Å². The molecular formula is C19H18N2O5S2. The SMILES string of the molecule is COC(=O)c1sccc1NC(=O)c1sc(-c2ccc(OC)c(OC)c2)nc1C. The topological polar surface area (TPSA) is 86.8 Å². The number of rotatable bonds is 6. The molecule has 1 N–H and O–H groups in total. The van der Waals surface area contributed by atoms with Gasteiger partial charge in [-0.05, 0) is 36.6 Å². The second-order valence-electron chi connectivity index (χ2n) is 5.61. The summed E-state index contributed by atoms with van der Waals surface area (Å²) in [4.78, 5) is 29.8. The van der Waals surface area contributed by atoms with Crippen molar-refractivity contribution < 1.29 is 23.8 Å². The Morgan fingerprint density at radius 1 is 1.04 bits per heavy atom. The number of carbonyl (C=O) groups excluding carboxylic acids is 2. The van der Waals surface area contributed by atoms with Gasteiger partial charge in [-0.25, -0.2) is 9.78 Å². The Hall–Kier alpha value is -2.91. The Bertz CT molecular complexity index is 1030. The van der Waals surface area contributed by atoms with Gasteiger partial charge in [0, 0.05) is 5.56 Å². The smallest absolute Gasteiger partial charge is 0.350 e. The molecule has 0 atom stereocenters. The number of aryl methyl sites for hydroxylation is 1. The molecule has 1 aromatic carbocycles. The Labute approximate surface area is 169 Å². The first-order chi connectivity index (χ1) is 13.5. The number of ether oxygens (including phenoxy) is 3. The second kappa shape index (κ2) is 8.41. The van der Waals surface area contributed by atoms with Crippen molar-refractivity contribution in [2.45, 2.75) is 6.92 Å². The van der Waals surface area contributed by atoms with Crippen LogP contribution in [-0.2, 0) is 4.74 Å². The van der Waals surface area contributed by atoms with E-state index in [1.165, 1.54) is 29.8 Å². The molecule has 3 rings (SSSR count). The molecule has 0 aliphatic heterocycles. The van der Waals surface area contributed by atoms with Crippen LogP contribution in [0.25, 0.3) is 10.6 Å². The Kier molecular flexibility index (Phi) is 5.96. The third kappa shape index (κ3) is 3.85. The second-order valence-corrected chi connectivity index (χ2v) is 7.53. The summed E-state index contributed by atoms with van der Waals surface area (Å²) in [6.45, 7) is 1.77. The van der Waals surface area contributed by atoms with Crippen molar-refractivity contribution in [2.24, 2.45) is 0 Å². The highest BCUT2D eigenvalue weighted by Gasteiger charge is 2.21. The Balaban J connectivity index is 1.87. The number of methoxy groups -OCH3 is 3. The molecular weight excluding hydrogens is 400 g/mol. The summed E-state index contributed by atoms with van der Waals surface area (Å²) in [5, 5.41) is 5.17. The van der Waals surface area contributed by atoms with Crippen LogP contribution in [0.1, 0.15) is 25.0 Å². The Morgan fingerprint density at radius 2 is 1.79 bits per heavy atom. The van der Waals surface area contributed by atoms with Crippen LogP contribution in [0.5, 0.6) is 11.5 Å². The molecule has 0 aliphatic rings. The van der Waals surface area contributed by atoms with E-state index in [0.717, 1.165) is 5.56 Å². The normalized spacial score (nSPS) is 10.4. The molecule has 0 unspecified atom stereocenters. The van der Waals surface area contributed by atoms with Crippen molar-refractivity contribution in [2.75, 3.05) is 26.6 Å². The third-order valence-electron chi connectivity index (χ3n) is 3.92. The molecule has 0 radical (unpaired) electrons. The lowest BCUT2D eigenvalue weighted by molar-refractivity contribution is 0.0607. The number of hydrogen-bond acceptors (Lipinski definition) is 8. The van der Waals surface area contributed by atoms with Gasteiger partial charge in [-0.2, -0.15) is 0 Å². The number of thiazole rings is 1. The summed E-state index contributed by atoms with van der Waals surface area (Å²) in [6, 6.07) is 7.13. The fourth-order valence-corrected chi connectivity index (χ4v) is 4.26. The quantitative estimate of drug-likeness (QED) is 0.603. The van der Waals surface area contributed by atoms with Crippen LogP contribution < -0.4 is 14.8 Å². The minimum absolute atomic E-state index is 0.328. The molecule has 146 valence electrons. The standard InChI is InChI=1S/C19H18N2O5S2/c1-10-15(17(22)21-12-7-8-27-16(12)19(23)26-4)28-18(20-10)11-5-6-13(24-2)14(9-11)25-3/h5-9H,1-4H3,(H,21,22). The zero-order valence-electron chi connectivity index (χ0n) is 15.7. The zero-order chi connectivity index (χ0) is 20.3. The number of esters is 1. The van der Waals surface area contributed by atoms with E-state index in [-0.39, 0.29) is 5.91 Å². The van der Waals surface area contributed by atoms with Gasteiger partial charge >= 0.3 is 5.97 Å². The molecule has 0 saturated carbocycles. The fraction of sp³-hybridized carbons (Fsp3) is 0.211. The number of nitrogens with one attached hydrogen (secondary N) is 1. The lowest BCUT2D eigenvalue weighted by atomic mass is 10.2. The number of hydrogen-bond donors (Lipinski definition) is 1. The van der Waals surface area contributed by atoms with Crippen LogP contribution in [0.2, 0.25) is 0 Å². The molecule has 7 nitrogen and oxygen atoms in total. The van der Waals surface area contributed by atoms with E-state index in [9.17, 15) is 9.59 Å². The van der Waals surface area contributed by atoms with Crippen LogP contribution in [0.3, 0.4) is 0 Å². The van der Waals surface area contributed by atoms with Gasteiger partial charge in [-0.1, -0.05) is 0 Å². The maximum atomic E-state index is 12.7. The number of amides is 1. The van der Waals surface area contributed by atoms with E-state index in [0.29, 0.717) is 37.6 Å². The van der Waals surface area contributed by atoms with Gasteiger partial charge < -0.3 is 19.5 Å². The molecule has 1 amide bonds. The van der Waals surface area contributed by atoms with Gasteiger partial charge in [0.05, 0.1) is 32.7 Å². The number of benzene rings is 1. The lowest BCUT2D eigenvalue weighted by Gasteiger charge is -2.08. The summed E-state index contributed by atoms with van der Waals surface area (Å²) in [5.74, 6) is 0.382. The van der Waals surface area contributed by atoms with Crippen molar-refractivity contribution in [3.05, 3.63) is 45.1 Å². The van der Waals surface area contributed by atoms with Crippen LogP contribution in [0.4, 0.5) is 5.69 Å². The summed E-state index contributed by atoms with van der Waals surface area (Å²) in [7, 11) is 4.43. The molecule has 0 fully saturated rings. The maximum Gasteiger partial charge on any atom is 0.350 e. The zero-order valence-corrected chi connectivity index (χ0v) is 17.3. The predicted molar refractivity (Wildman–Crippen MR) is 109 cm³/mol. The maximum absolute atomic E-state index is 12.7. The lowest BCUT2D eigenvalue weighted by Crippen LogP contribution is -2.13. The molecule has 0 aliphatic carbocycles. The van der Waals surface area contributed by atoms with Crippen molar-refractivity contribution in [1.82, 2.24) is 4.98 Å². The van der Waals surface area contributed by atoms with Gasteiger partial charge in [0.15, 0.2) is 11.5 Å². The molecule has 28 heavy (non-hydrogen) atoms. The van der Waals surface area contributed by atoms with Gasteiger partial charge in [0.25, 0.3) is 5.91 Å². The fourth-order valence-electron chi connectivity index (χ4n) is 2.54. The first kappa shape index (κ1) is 19.8. The number of anilines is 1. The number of nitrogens with zero attached hydrogens (tertiary/aromatic N) is 1. The highest BCUT2D eigenvalue weighted by molar-refractivity contribution is 7.17. The van der Waals surface area contributed by atoms with Gasteiger partial charge in [0.1, 0.15) is 14.8 Å². The minimum atomic E-state index is -0.489. The number of carbonyl (C=O) groups is 2. The minimum Gasteiger partial charge on any atom is -0.493 e. The van der Waals surface area contributed by atoms with Crippen molar-refractivity contribution >= 4 is 40.2 Å². The largest absolute Gasteiger partial charge is 0.493 e. The van der Waals surface area contributed by atoms with Crippen molar-refractivity contribution in [3.63, 3.8) is 0 Å². The molecule has 0 spiro atoms. The van der Waals surface area contributed by atoms with Crippen molar-refractivity contribution in [1.29, 1.82) is 0 Å². The summed E-state index contributed by atoms with van der Waals surface area (Å²) < 4.78 is 15.3. The summed E-state index contributed by atoms with van der Waals surface area (Å²) in [5.41, 5.74) is 1.83. The average Bonchev–Trinajstić information content (AvgIpc) is 3.33. The monoisotopic (exact) mass is 418 g/mol. The Morgan fingerprint density at radius 3 is 2.46 bits per heavy atom. The molecule has 0 saturated heterocycles. The number of thiophene rings is 1. The average molecular weight is 418 g/mol. The van der Waals surface area contributed by atoms with Gasteiger partial charge in [0.2, 0.25) is 0 Å². The van der Waals surface area contributed by atoms with Crippen LogP contribution >= 0.6 is 22.7 Å². The van der Waals surface area contributed by atoms with E-state index in [1.54, 1.807) is 38.7 Å². The van der Waals surface area contributed by atoms with E-state index in [1.807, 2.05) is 12.1 Å². The molecule has 9 heteroatoms. The van der Waals surface area contributed by atoms with Gasteiger partial charge in [-0.15, -0.1) is 22.7 Å². The van der Waals surface area contributed by atoms with E-state index < -0.39 is 5.97 Å². The first-order valence-electron chi connectivity index (χ1n) is 8.15. The molecule has 3 aromatic rings. The highest BCUT2D eigenvalue weighted by atomic mass is 32.1. The third-order valence-corrected chi connectivity index (χ3v) is 6.02. The van der Waals surface area contributed by atoms with Crippen LogP contribution in [0, 0.1) is 6.92 Å². The van der Waals surface area contributed by atoms with Crippen LogP contribution in [-0.4, -0.2) is 38.2 Å². The van der Waals surface area contributed by atoms with E-state index in [4.69, 9.17) is 14.2 Å². The highest BCUT2D eigenvalue weighted by Crippen LogP contribution is 2.35. The first-order valence-corrected chi connectivity index (χ1v) is 9.85.